The van der Waals surface area contributed by atoms with Crippen molar-refractivity contribution in [3.8, 4) is 0 Å². The summed E-state index contributed by atoms with van der Waals surface area (Å²) < 4.78 is 35.8. The van der Waals surface area contributed by atoms with Gasteiger partial charge >= 0.3 is 11.9 Å². The standard InChI is InChI=1S/C35H68N2O11/c1-9-33(41)47-24-31(39)22-45-28-35(29-46-23-32(40)25-48-34(42)10-2,26-43-19-17-18-36(11-3,12-4)13-5)27-44-21-30(38)20-37(14-6,15-7)16-8/h9-10,30-32,38-40H,1-2,11-29H2,3-8H3/q+2. The van der Waals surface area contributed by atoms with Crippen molar-refractivity contribution in [2.45, 2.75) is 66.3 Å². The number of hydrogen-bond acceptors (Lipinski definition) is 11. The number of carbonyl (C=O) groups is 2. The number of esters is 2. The van der Waals surface area contributed by atoms with Gasteiger partial charge in [0.15, 0.2) is 0 Å². The molecular weight excluding hydrogens is 624 g/mol. The maximum Gasteiger partial charge on any atom is 0.330 e. The molecule has 3 unspecified atom stereocenters. The lowest BCUT2D eigenvalue weighted by Gasteiger charge is -2.38. The van der Waals surface area contributed by atoms with Crippen LogP contribution in [0.3, 0.4) is 0 Å². The summed E-state index contributed by atoms with van der Waals surface area (Å²) in [4.78, 5) is 22.8. The summed E-state index contributed by atoms with van der Waals surface area (Å²) in [6.45, 7) is 27.1. The minimum atomic E-state index is -1.08. The Labute approximate surface area is 289 Å². The summed E-state index contributed by atoms with van der Waals surface area (Å²) in [5, 5.41) is 31.6. The third-order valence-electron chi connectivity index (χ3n) is 9.28. The van der Waals surface area contributed by atoms with Gasteiger partial charge in [-0.3, -0.25) is 0 Å². The number of hydrogen-bond donors (Lipinski definition) is 3. The summed E-state index contributed by atoms with van der Waals surface area (Å²) in [5.41, 5.74) is -0.896. The van der Waals surface area contributed by atoms with E-state index in [1.807, 2.05) is 0 Å². The highest BCUT2D eigenvalue weighted by molar-refractivity contribution is 5.81. The monoisotopic (exact) mass is 692 g/mol. The molecule has 0 fully saturated rings. The Bertz CT molecular complexity index is 828. The first-order valence-corrected chi connectivity index (χ1v) is 17.5. The number of nitrogens with zero attached hydrogens (tertiary/aromatic N) is 2. The van der Waals surface area contributed by atoms with Gasteiger partial charge < -0.3 is 52.7 Å². The smallest absolute Gasteiger partial charge is 0.330 e. The molecule has 3 atom stereocenters. The van der Waals surface area contributed by atoms with Crippen LogP contribution in [0.5, 0.6) is 0 Å². The van der Waals surface area contributed by atoms with Gasteiger partial charge in [-0.25, -0.2) is 9.59 Å². The van der Waals surface area contributed by atoms with Crippen molar-refractivity contribution in [1.29, 1.82) is 0 Å². The quantitative estimate of drug-likeness (QED) is 0.0410. The highest BCUT2D eigenvalue weighted by Gasteiger charge is 2.34. The number of ether oxygens (including phenoxy) is 6. The fourth-order valence-electron chi connectivity index (χ4n) is 5.55. The molecule has 0 bridgehead atoms. The summed E-state index contributed by atoms with van der Waals surface area (Å²) in [5.74, 6) is -1.30. The van der Waals surface area contributed by atoms with Crippen LogP contribution in [-0.4, -0.2) is 173 Å². The van der Waals surface area contributed by atoms with E-state index in [-0.39, 0.29) is 59.5 Å². The van der Waals surface area contributed by atoms with Gasteiger partial charge in [-0.05, 0) is 41.5 Å². The molecule has 3 N–H and O–H groups in total. The van der Waals surface area contributed by atoms with E-state index in [0.29, 0.717) is 13.2 Å². The summed E-state index contributed by atoms with van der Waals surface area (Å²) in [6.07, 6.45) is 0.0170. The van der Waals surface area contributed by atoms with Crippen LogP contribution in [0.4, 0.5) is 0 Å². The van der Waals surface area contributed by atoms with Gasteiger partial charge in [0, 0.05) is 18.6 Å². The topological polar surface area (TPSA) is 150 Å². The summed E-state index contributed by atoms with van der Waals surface area (Å²) in [6, 6.07) is 0. The maximum absolute atomic E-state index is 11.4. The molecule has 0 rings (SSSR count). The predicted octanol–water partition coefficient (Wildman–Crippen LogP) is 1.72. The minimum absolute atomic E-state index is 0.0366. The lowest BCUT2D eigenvalue weighted by Crippen LogP contribution is -2.53. The molecule has 0 saturated carbocycles. The van der Waals surface area contributed by atoms with Crippen LogP contribution in [0.15, 0.2) is 25.3 Å². The average molecular weight is 693 g/mol. The van der Waals surface area contributed by atoms with Crippen LogP contribution in [0.2, 0.25) is 0 Å². The van der Waals surface area contributed by atoms with Gasteiger partial charge in [0.25, 0.3) is 0 Å². The van der Waals surface area contributed by atoms with E-state index >= 15 is 0 Å². The average Bonchev–Trinajstić information content (AvgIpc) is 3.10. The lowest BCUT2D eigenvalue weighted by molar-refractivity contribution is -0.926. The van der Waals surface area contributed by atoms with Gasteiger partial charge in [0.2, 0.25) is 0 Å². The van der Waals surface area contributed by atoms with Crippen LogP contribution in [-0.2, 0) is 38.0 Å². The molecule has 0 aliphatic carbocycles. The van der Waals surface area contributed by atoms with Crippen molar-refractivity contribution in [2.24, 2.45) is 5.41 Å². The van der Waals surface area contributed by atoms with E-state index < -0.39 is 35.7 Å². The molecule has 48 heavy (non-hydrogen) atoms. The van der Waals surface area contributed by atoms with Gasteiger partial charge in [-0.2, -0.15) is 0 Å². The second kappa shape index (κ2) is 25.9. The Kier molecular flexibility index (Phi) is 24.9. The minimum Gasteiger partial charge on any atom is -0.460 e. The maximum atomic E-state index is 11.4. The van der Waals surface area contributed by atoms with Gasteiger partial charge in [0.05, 0.1) is 104 Å². The molecule has 0 aliphatic heterocycles. The Morgan fingerprint density at radius 1 is 0.604 bits per heavy atom. The lowest BCUT2D eigenvalue weighted by atomic mass is 9.92. The third kappa shape index (κ3) is 18.7. The van der Waals surface area contributed by atoms with E-state index in [1.165, 1.54) is 0 Å². The van der Waals surface area contributed by atoms with Gasteiger partial charge in [-0.15, -0.1) is 0 Å². The largest absolute Gasteiger partial charge is 0.460 e. The first-order valence-electron chi connectivity index (χ1n) is 17.5. The predicted molar refractivity (Wildman–Crippen MR) is 184 cm³/mol. The molecule has 282 valence electrons. The van der Waals surface area contributed by atoms with Crippen LogP contribution in [0.25, 0.3) is 0 Å². The molecule has 0 aliphatic rings. The van der Waals surface area contributed by atoms with Crippen LogP contribution >= 0.6 is 0 Å². The second-order valence-electron chi connectivity index (χ2n) is 12.6. The molecule has 0 radical (unpaired) electrons. The normalized spacial score (nSPS) is 15.3. The van der Waals surface area contributed by atoms with Crippen molar-refractivity contribution in [3.05, 3.63) is 25.3 Å². The van der Waals surface area contributed by atoms with E-state index in [9.17, 15) is 24.9 Å². The van der Waals surface area contributed by atoms with E-state index in [2.05, 4.69) is 54.7 Å². The van der Waals surface area contributed by atoms with Crippen molar-refractivity contribution < 1.29 is 62.3 Å². The number of carbonyl (C=O) groups excluding carboxylic acids is 2. The highest BCUT2D eigenvalue weighted by Crippen LogP contribution is 2.22. The van der Waals surface area contributed by atoms with Crippen molar-refractivity contribution in [3.63, 3.8) is 0 Å². The zero-order valence-corrected chi connectivity index (χ0v) is 30.7. The summed E-state index contributed by atoms with van der Waals surface area (Å²) >= 11 is 0. The Balaban J connectivity index is 5.80. The molecular formula is C35H68N2O11+2. The third-order valence-corrected chi connectivity index (χ3v) is 9.28. The number of aliphatic hydroxyl groups is 3. The molecule has 0 heterocycles. The zero-order valence-electron chi connectivity index (χ0n) is 30.7. The summed E-state index contributed by atoms with van der Waals surface area (Å²) in [7, 11) is 0. The number of aliphatic hydroxyl groups excluding tert-OH is 3. The van der Waals surface area contributed by atoms with E-state index in [0.717, 1.165) is 73.4 Å². The molecule has 0 saturated heterocycles. The molecule has 0 spiro atoms. The van der Waals surface area contributed by atoms with Gasteiger partial charge in [-0.1, -0.05) is 13.2 Å². The molecule has 13 nitrogen and oxygen atoms in total. The van der Waals surface area contributed by atoms with Crippen molar-refractivity contribution >= 4 is 11.9 Å². The van der Waals surface area contributed by atoms with Crippen molar-refractivity contribution in [1.82, 2.24) is 0 Å². The van der Waals surface area contributed by atoms with Crippen LogP contribution < -0.4 is 0 Å². The first kappa shape index (κ1) is 46.1. The molecule has 0 amide bonds. The molecule has 0 aromatic heterocycles. The number of rotatable bonds is 32. The van der Waals surface area contributed by atoms with Gasteiger partial charge in [0.1, 0.15) is 38.1 Å². The molecule has 0 aromatic carbocycles. The Hall–Kier alpha value is -1.94. The van der Waals surface area contributed by atoms with Crippen molar-refractivity contribution in [2.75, 3.05) is 118 Å². The Morgan fingerprint density at radius 3 is 1.35 bits per heavy atom. The number of likely N-dealkylation sites (N-methyl/N-ethyl adjacent to an activating group) is 1. The molecule has 0 aromatic rings. The fraction of sp³-hybridized carbons (Fsp3) is 0.829. The Morgan fingerprint density at radius 2 is 0.979 bits per heavy atom. The highest BCUT2D eigenvalue weighted by atomic mass is 16.6. The van der Waals surface area contributed by atoms with E-state index in [4.69, 9.17) is 28.4 Å². The second-order valence-corrected chi connectivity index (χ2v) is 12.6. The SMILES string of the molecule is C=CC(=O)OCC(O)COCC(COCCC[N+](CC)(CC)CC)(COCC(O)COC(=O)C=C)COCC(O)C[N+](CC)(CC)CC. The van der Waals surface area contributed by atoms with Crippen LogP contribution in [0, 0.1) is 5.41 Å². The fourth-order valence-corrected chi connectivity index (χ4v) is 5.55. The number of quaternary nitrogens is 2. The first-order chi connectivity index (χ1) is 22.9. The van der Waals surface area contributed by atoms with E-state index in [1.54, 1.807) is 0 Å². The molecule has 13 heteroatoms. The van der Waals surface area contributed by atoms with Crippen LogP contribution in [0.1, 0.15) is 48.0 Å². The zero-order chi connectivity index (χ0) is 36.5.